The summed E-state index contributed by atoms with van der Waals surface area (Å²) in [5.74, 6) is -0.662. The second kappa shape index (κ2) is 7.25. The Morgan fingerprint density at radius 2 is 1.65 bits per heavy atom. The average molecular weight is 383 g/mol. The predicted molar refractivity (Wildman–Crippen MR) is 89.0 cm³/mol. The van der Waals surface area contributed by atoms with Crippen molar-refractivity contribution in [1.82, 2.24) is 9.97 Å². The van der Waals surface area contributed by atoms with E-state index in [2.05, 4.69) is 9.97 Å². The zero-order valence-electron chi connectivity index (χ0n) is 13.9. The Kier molecular flexibility index (Phi) is 5.20. The number of hydrogen-bond donors (Lipinski definition) is 1. The largest absolute Gasteiger partial charge is 1.00 e. The summed E-state index contributed by atoms with van der Waals surface area (Å²) in [6.45, 7) is 1.46. The van der Waals surface area contributed by atoms with E-state index in [4.69, 9.17) is 0 Å². The maximum Gasteiger partial charge on any atom is 0.451 e. The van der Waals surface area contributed by atoms with Gasteiger partial charge in [-0.3, -0.25) is 5.32 Å². The van der Waals surface area contributed by atoms with Crippen LogP contribution >= 0.6 is 0 Å². The summed E-state index contributed by atoms with van der Waals surface area (Å²) in [6.07, 6.45) is 0.212. The maximum absolute atomic E-state index is 13.2. The lowest BCUT2D eigenvalue weighted by atomic mass is 10.1. The van der Waals surface area contributed by atoms with Gasteiger partial charge in [-0.1, -0.05) is 18.2 Å². The molecule has 2 aromatic rings. The molecule has 4 rings (SSSR count). The van der Waals surface area contributed by atoms with Gasteiger partial charge in [-0.25, -0.2) is 9.97 Å². The summed E-state index contributed by atoms with van der Waals surface area (Å²) < 4.78 is 39.7. The highest BCUT2D eigenvalue weighted by molar-refractivity contribution is 5.86. The standard InChI is InChI=1S/C18H17F3N4.ClH/c19-18(20,21)17-23-14-11-13(12-7-3-1-4-8-12)22-15(14)16(24-17)25-9-5-2-6-10-25;/h1,3-4,7-8,11,22H,2,5-6,9-10H2;1H. The van der Waals surface area contributed by atoms with E-state index in [0.717, 1.165) is 43.6 Å². The molecule has 2 aliphatic heterocycles. The van der Waals surface area contributed by atoms with Crippen LogP contribution in [0.25, 0.3) is 11.8 Å². The molecule has 0 amide bonds. The first-order valence-corrected chi connectivity index (χ1v) is 8.38. The number of aromatic nitrogens is 2. The molecular weight excluding hydrogens is 365 g/mol. The third-order valence-electron chi connectivity index (χ3n) is 4.56. The van der Waals surface area contributed by atoms with E-state index < -0.39 is 12.0 Å². The highest BCUT2D eigenvalue weighted by Crippen LogP contribution is 2.35. The van der Waals surface area contributed by atoms with Gasteiger partial charge in [0.1, 0.15) is 11.4 Å². The molecule has 4 nitrogen and oxygen atoms in total. The molecular formula is C18H18ClF3N4. The minimum Gasteiger partial charge on any atom is -1.00 e. The number of halogens is 4. The SMILES string of the molecule is FC(F)(F)c1nc2c(c(N3CCCCC3)n1)[NH2+]C(c1ccccc1)=C2.[Cl-]. The van der Waals surface area contributed by atoms with Crippen LogP contribution in [-0.4, -0.2) is 23.1 Å². The first kappa shape index (κ1) is 18.7. The number of hydrogen-bond acceptors (Lipinski definition) is 3. The van der Waals surface area contributed by atoms with Crippen LogP contribution in [0.1, 0.15) is 36.3 Å². The van der Waals surface area contributed by atoms with Gasteiger partial charge in [0.25, 0.3) is 0 Å². The third-order valence-corrected chi connectivity index (χ3v) is 4.56. The first-order chi connectivity index (χ1) is 12.0. The number of anilines is 1. The summed E-state index contributed by atoms with van der Waals surface area (Å²) in [6, 6.07) is 9.60. The molecule has 0 bridgehead atoms. The molecule has 2 N–H and O–H groups in total. The normalized spacial score (nSPS) is 16.7. The van der Waals surface area contributed by atoms with Gasteiger partial charge in [-0.05, 0) is 31.4 Å². The van der Waals surface area contributed by atoms with Crippen LogP contribution in [0.15, 0.2) is 30.3 Å². The molecule has 0 unspecified atom stereocenters. The Balaban J connectivity index is 0.00000196. The predicted octanol–water partition coefficient (Wildman–Crippen LogP) is 0.196. The monoisotopic (exact) mass is 382 g/mol. The van der Waals surface area contributed by atoms with Crippen LogP contribution in [-0.2, 0) is 6.18 Å². The van der Waals surface area contributed by atoms with Gasteiger partial charge in [0.2, 0.25) is 11.5 Å². The van der Waals surface area contributed by atoms with Crippen LogP contribution in [0.2, 0.25) is 0 Å². The third kappa shape index (κ3) is 3.54. The van der Waals surface area contributed by atoms with Crippen molar-refractivity contribution in [2.75, 3.05) is 18.0 Å². The minimum absolute atomic E-state index is 0. The Hall–Kier alpha value is -2.12. The highest BCUT2D eigenvalue weighted by Gasteiger charge is 2.39. The summed E-state index contributed by atoms with van der Waals surface area (Å²) in [5, 5.41) is 1.90. The Morgan fingerprint density at radius 1 is 0.962 bits per heavy atom. The number of nitrogens with two attached hydrogens (primary N) is 1. The summed E-state index contributed by atoms with van der Waals surface area (Å²) in [7, 11) is 0. The molecule has 0 atom stereocenters. The highest BCUT2D eigenvalue weighted by atomic mass is 35.5. The van der Waals surface area contributed by atoms with E-state index in [-0.39, 0.29) is 12.4 Å². The number of fused-ring (bicyclic) bond motifs is 1. The lowest BCUT2D eigenvalue weighted by molar-refractivity contribution is -0.464. The van der Waals surface area contributed by atoms with Gasteiger partial charge in [0.15, 0.2) is 5.82 Å². The van der Waals surface area contributed by atoms with E-state index in [0.29, 0.717) is 17.2 Å². The summed E-state index contributed by atoms with van der Waals surface area (Å²) >= 11 is 0. The van der Waals surface area contributed by atoms with Crippen LogP contribution in [0, 0.1) is 0 Å². The van der Waals surface area contributed by atoms with Gasteiger partial charge in [0.05, 0.1) is 0 Å². The van der Waals surface area contributed by atoms with Crippen molar-refractivity contribution in [1.29, 1.82) is 0 Å². The lowest BCUT2D eigenvalue weighted by Crippen LogP contribution is -3.00. The topological polar surface area (TPSA) is 45.6 Å². The second-order valence-electron chi connectivity index (χ2n) is 6.33. The molecule has 1 fully saturated rings. The zero-order chi connectivity index (χ0) is 17.4. The molecule has 1 aromatic carbocycles. The van der Waals surface area contributed by atoms with Crippen LogP contribution in [0.4, 0.5) is 24.7 Å². The Morgan fingerprint density at radius 3 is 2.31 bits per heavy atom. The number of quaternary nitrogens is 1. The fraction of sp³-hybridized carbons (Fsp3) is 0.333. The smallest absolute Gasteiger partial charge is 0.451 e. The molecule has 1 aromatic heterocycles. The Bertz CT molecular complexity index is 815. The van der Waals surface area contributed by atoms with Gasteiger partial charge in [0, 0.05) is 24.7 Å². The number of rotatable bonds is 2. The van der Waals surface area contributed by atoms with Gasteiger partial charge < -0.3 is 17.3 Å². The van der Waals surface area contributed by atoms with Gasteiger partial charge in [-0.2, -0.15) is 13.2 Å². The Labute approximate surface area is 155 Å². The number of benzene rings is 1. The molecule has 26 heavy (non-hydrogen) atoms. The molecule has 8 heteroatoms. The second-order valence-corrected chi connectivity index (χ2v) is 6.33. The van der Waals surface area contributed by atoms with E-state index in [1.54, 1.807) is 6.08 Å². The van der Waals surface area contributed by atoms with Crippen molar-refractivity contribution in [2.45, 2.75) is 25.4 Å². The van der Waals surface area contributed by atoms with Crippen molar-refractivity contribution in [3.63, 3.8) is 0 Å². The summed E-state index contributed by atoms with van der Waals surface area (Å²) in [4.78, 5) is 9.63. The van der Waals surface area contributed by atoms with Gasteiger partial charge >= 0.3 is 6.18 Å². The molecule has 0 spiro atoms. The fourth-order valence-electron chi connectivity index (χ4n) is 3.34. The fourth-order valence-corrected chi connectivity index (χ4v) is 3.34. The molecule has 0 radical (unpaired) electrons. The average Bonchev–Trinajstić information content (AvgIpc) is 3.06. The number of alkyl halides is 3. The van der Waals surface area contributed by atoms with Crippen molar-refractivity contribution in [3.05, 3.63) is 47.4 Å². The van der Waals surface area contributed by atoms with Crippen LogP contribution in [0.5, 0.6) is 0 Å². The van der Waals surface area contributed by atoms with Crippen molar-refractivity contribution < 1.29 is 30.9 Å². The summed E-state index contributed by atoms with van der Waals surface area (Å²) in [5.41, 5.74) is 2.86. The lowest BCUT2D eigenvalue weighted by Gasteiger charge is -2.28. The van der Waals surface area contributed by atoms with Gasteiger partial charge in [-0.15, -0.1) is 0 Å². The first-order valence-electron chi connectivity index (χ1n) is 8.38. The maximum atomic E-state index is 13.2. The van der Waals surface area contributed by atoms with E-state index >= 15 is 0 Å². The molecule has 2 aliphatic rings. The van der Waals surface area contributed by atoms with E-state index in [1.807, 2.05) is 40.5 Å². The number of nitrogens with zero attached hydrogens (tertiary/aromatic N) is 3. The van der Waals surface area contributed by atoms with Crippen LogP contribution in [0.3, 0.4) is 0 Å². The molecule has 0 saturated carbocycles. The minimum atomic E-state index is -4.55. The van der Waals surface area contributed by atoms with Crippen molar-refractivity contribution >= 4 is 23.3 Å². The molecule has 138 valence electrons. The van der Waals surface area contributed by atoms with Crippen molar-refractivity contribution in [3.8, 4) is 0 Å². The molecule has 1 saturated heterocycles. The van der Waals surface area contributed by atoms with E-state index in [1.165, 1.54) is 0 Å². The van der Waals surface area contributed by atoms with Crippen molar-refractivity contribution in [2.24, 2.45) is 0 Å². The quantitative estimate of drug-likeness (QED) is 0.807. The van der Waals surface area contributed by atoms with Crippen LogP contribution < -0.4 is 22.6 Å². The van der Waals surface area contributed by atoms with E-state index in [9.17, 15) is 13.2 Å². The molecule has 3 heterocycles. The molecule has 0 aliphatic carbocycles. The zero-order valence-corrected chi connectivity index (χ0v) is 14.7. The number of piperidine rings is 1.